The highest BCUT2D eigenvalue weighted by molar-refractivity contribution is 5.99. The van der Waals surface area contributed by atoms with Crippen molar-refractivity contribution in [3.63, 3.8) is 0 Å². The van der Waals surface area contributed by atoms with Crippen LogP contribution in [0.5, 0.6) is 0 Å². The lowest BCUT2D eigenvalue weighted by Crippen LogP contribution is -2.26. The minimum atomic E-state index is -0.370. The Balaban J connectivity index is 1.86. The van der Waals surface area contributed by atoms with E-state index in [4.69, 9.17) is 0 Å². The van der Waals surface area contributed by atoms with Crippen LogP contribution in [-0.2, 0) is 13.1 Å². The Bertz CT molecular complexity index is 956. The molecular weight excluding hydrogens is 340 g/mol. The van der Waals surface area contributed by atoms with Crippen LogP contribution in [0.25, 0.3) is 10.8 Å². The van der Waals surface area contributed by atoms with Gasteiger partial charge in [0, 0.05) is 48.7 Å². The van der Waals surface area contributed by atoms with Crippen LogP contribution in [0.15, 0.2) is 54.9 Å². The molecule has 2 aromatic carbocycles. The summed E-state index contributed by atoms with van der Waals surface area (Å²) in [4.78, 5) is 17.2. The Labute approximate surface area is 159 Å². The molecule has 0 spiro atoms. The number of nitrogens with zero attached hydrogens (tertiary/aromatic N) is 3. The molecule has 3 aromatic rings. The van der Waals surface area contributed by atoms with E-state index in [1.54, 1.807) is 18.5 Å². The number of aromatic nitrogens is 1. The average Bonchev–Trinajstić information content (AvgIpc) is 2.66. The van der Waals surface area contributed by atoms with E-state index in [1.165, 1.54) is 17.2 Å². The number of nitro groups is 1. The first-order valence-corrected chi connectivity index (χ1v) is 8.99. The van der Waals surface area contributed by atoms with Gasteiger partial charge in [-0.2, -0.15) is 0 Å². The molecule has 1 heterocycles. The van der Waals surface area contributed by atoms with Gasteiger partial charge < -0.3 is 5.32 Å². The van der Waals surface area contributed by atoms with Crippen molar-refractivity contribution in [2.75, 3.05) is 12.4 Å². The number of nitro benzene ring substituents is 1. The predicted octanol–water partition coefficient (Wildman–Crippen LogP) is 4.60. The molecule has 1 N–H and O–H groups in total. The lowest BCUT2D eigenvalue weighted by atomic mass is 10.1. The Morgan fingerprint density at radius 3 is 2.56 bits per heavy atom. The van der Waals surface area contributed by atoms with Crippen molar-refractivity contribution in [3.05, 3.63) is 76.1 Å². The standard InChI is InChI=1S/C21H24N4O2/c1-15(2)24(3)14-17-7-5-4-6-16(17)12-23-20-8-9-21(25(26)27)19-13-22-11-10-18(19)20/h4-11,13,15,23H,12,14H2,1-3H3. The van der Waals surface area contributed by atoms with Crippen LogP contribution < -0.4 is 5.32 Å². The maximum atomic E-state index is 11.3. The Morgan fingerprint density at radius 2 is 1.85 bits per heavy atom. The van der Waals surface area contributed by atoms with Gasteiger partial charge in [-0.3, -0.25) is 20.0 Å². The Morgan fingerprint density at radius 1 is 1.11 bits per heavy atom. The largest absolute Gasteiger partial charge is 0.380 e. The van der Waals surface area contributed by atoms with Gasteiger partial charge in [0.1, 0.15) is 0 Å². The fraction of sp³-hybridized carbons (Fsp3) is 0.286. The second kappa shape index (κ2) is 8.14. The first-order valence-electron chi connectivity index (χ1n) is 8.99. The van der Waals surface area contributed by atoms with Crippen LogP contribution in [0.1, 0.15) is 25.0 Å². The Kier molecular flexibility index (Phi) is 5.66. The fourth-order valence-electron chi connectivity index (χ4n) is 3.01. The van der Waals surface area contributed by atoms with Crippen LogP contribution in [0, 0.1) is 10.1 Å². The SMILES string of the molecule is CC(C)N(C)Cc1ccccc1CNc1ccc([N+](=O)[O-])c2cnccc12. The third-order valence-electron chi connectivity index (χ3n) is 4.88. The number of benzene rings is 2. The number of rotatable bonds is 7. The van der Waals surface area contributed by atoms with Gasteiger partial charge in [0.2, 0.25) is 0 Å². The highest BCUT2D eigenvalue weighted by Crippen LogP contribution is 2.31. The molecule has 0 aliphatic carbocycles. The quantitative estimate of drug-likeness (QED) is 0.490. The monoisotopic (exact) mass is 364 g/mol. The van der Waals surface area contributed by atoms with E-state index in [9.17, 15) is 10.1 Å². The van der Waals surface area contributed by atoms with Gasteiger partial charge in [-0.25, -0.2) is 0 Å². The number of nitrogens with one attached hydrogen (secondary N) is 1. The molecule has 6 heteroatoms. The summed E-state index contributed by atoms with van der Waals surface area (Å²) in [6.45, 7) is 5.88. The van der Waals surface area contributed by atoms with Crippen molar-refractivity contribution in [1.82, 2.24) is 9.88 Å². The molecule has 3 rings (SSSR count). The fourth-order valence-corrected chi connectivity index (χ4v) is 3.01. The molecular formula is C21H24N4O2. The van der Waals surface area contributed by atoms with E-state index >= 15 is 0 Å². The summed E-state index contributed by atoms with van der Waals surface area (Å²) in [5.41, 5.74) is 3.42. The molecule has 0 amide bonds. The minimum absolute atomic E-state index is 0.0719. The zero-order chi connectivity index (χ0) is 19.4. The maximum absolute atomic E-state index is 11.3. The van der Waals surface area contributed by atoms with Gasteiger partial charge in [0.25, 0.3) is 5.69 Å². The van der Waals surface area contributed by atoms with Crippen molar-refractivity contribution in [3.8, 4) is 0 Å². The van der Waals surface area contributed by atoms with Crippen LogP contribution >= 0.6 is 0 Å². The third-order valence-corrected chi connectivity index (χ3v) is 4.88. The molecule has 1 aromatic heterocycles. The zero-order valence-corrected chi connectivity index (χ0v) is 15.8. The molecule has 0 saturated carbocycles. The van der Waals surface area contributed by atoms with Crippen molar-refractivity contribution in [1.29, 1.82) is 0 Å². The van der Waals surface area contributed by atoms with Gasteiger partial charge in [-0.15, -0.1) is 0 Å². The van der Waals surface area contributed by atoms with Crippen LogP contribution in [0.2, 0.25) is 0 Å². The second-order valence-corrected chi connectivity index (χ2v) is 6.94. The van der Waals surface area contributed by atoms with Crippen LogP contribution in [-0.4, -0.2) is 27.9 Å². The molecule has 27 heavy (non-hydrogen) atoms. The summed E-state index contributed by atoms with van der Waals surface area (Å²) in [6, 6.07) is 13.9. The summed E-state index contributed by atoms with van der Waals surface area (Å²) in [5, 5.41) is 16.0. The van der Waals surface area contributed by atoms with Crippen molar-refractivity contribution < 1.29 is 4.92 Å². The molecule has 0 aliphatic heterocycles. The maximum Gasteiger partial charge on any atom is 0.278 e. The van der Waals surface area contributed by atoms with Crippen LogP contribution in [0.4, 0.5) is 11.4 Å². The van der Waals surface area contributed by atoms with Gasteiger partial charge >= 0.3 is 0 Å². The van der Waals surface area contributed by atoms with E-state index in [0.29, 0.717) is 18.0 Å². The van der Waals surface area contributed by atoms with E-state index in [2.05, 4.69) is 54.3 Å². The minimum Gasteiger partial charge on any atom is -0.380 e. The smallest absolute Gasteiger partial charge is 0.278 e. The molecule has 0 fully saturated rings. The molecule has 140 valence electrons. The normalized spacial score (nSPS) is 11.3. The first kappa shape index (κ1) is 18.8. The number of non-ortho nitro benzene ring substituents is 1. The summed E-state index contributed by atoms with van der Waals surface area (Å²) in [5.74, 6) is 0. The molecule has 0 radical (unpaired) electrons. The van der Waals surface area contributed by atoms with Gasteiger partial charge in [0.05, 0.1) is 10.3 Å². The third kappa shape index (κ3) is 4.23. The number of anilines is 1. The first-order chi connectivity index (χ1) is 13.0. The average molecular weight is 364 g/mol. The number of hydrogen-bond donors (Lipinski definition) is 1. The van der Waals surface area contributed by atoms with Gasteiger partial charge in [-0.1, -0.05) is 24.3 Å². The number of hydrogen-bond acceptors (Lipinski definition) is 5. The lowest BCUT2D eigenvalue weighted by Gasteiger charge is -2.23. The lowest BCUT2D eigenvalue weighted by molar-refractivity contribution is -0.383. The Hall–Kier alpha value is -2.99. The van der Waals surface area contributed by atoms with Crippen molar-refractivity contribution in [2.24, 2.45) is 0 Å². The molecule has 0 aliphatic rings. The molecule has 0 bridgehead atoms. The topological polar surface area (TPSA) is 71.3 Å². The second-order valence-electron chi connectivity index (χ2n) is 6.94. The number of fused-ring (bicyclic) bond motifs is 1. The number of pyridine rings is 1. The zero-order valence-electron chi connectivity index (χ0n) is 15.8. The van der Waals surface area contributed by atoms with Gasteiger partial charge in [-0.05, 0) is 44.2 Å². The molecule has 0 saturated heterocycles. The summed E-state index contributed by atoms with van der Waals surface area (Å²) >= 11 is 0. The molecule has 0 unspecified atom stereocenters. The predicted molar refractivity (Wildman–Crippen MR) is 109 cm³/mol. The van der Waals surface area contributed by atoms with Crippen LogP contribution in [0.3, 0.4) is 0 Å². The highest BCUT2D eigenvalue weighted by Gasteiger charge is 2.14. The van der Waals surface area contributed by atoms with E-state index in [-0.39, 0.29) is 10.6 Å². The van der Waals surface area contributed by atoms with Crippen molar-refractivity contribution >= 4 is 22.1 Å². The summed E-state index contributed by atoms with van der Waals surface area (Å²) in [7, 11) is 2.12. The molecule has 6 nitrogen and oxygen atoms in total. The van der Waals surface area contributed by atoms with Gasteiger partial charge in [0.15, 0.2) is 0 Å². The van der Waals surface area contributed by atoms with E-state index in [1.807, 2.05) is 12.1 Å². The summed E-state index contributed by atoms with van der Waals surface area (Å²) in [6.07, 6.45) is 3.20. The summed E-state index contributed by atoms with van der Waals surface area (Å²) < 4.78 is 0. The van der Waals surface area contributed by atoms with Crippen molar-refractivity contribution in [2.45, 2.75) is 33.0 Å². The molecule has 0 atom stereocenters. The van der Waals surface area contributed by atoms with E-state index < -0.39 is 0 Å². The van der Waals surface area contributed by atoms with E-state index in [0.717, 1.165) is 17.6 Å². The highest BCUT2D eigenvalue weighted by atomic mass is 16.6.